The molecule has 0 aliphatic rings. The van der Waals surface area contributed by atoms with Crippen molar-refractivity contribution in [2.24, 2.45) is 7.05 Å². The van der Waals surface area contributed by atoms with E-state index in [1.54, 1.807) is 24.7 Å². The van der Waals surface area contributed by atoms with E-state index in [-0.39, 0.29) is 35.7 Å². The first-order valence-corrected chi connectivity index (χ1v) is 9.92. The lowest BCUT2D eigenvalue weighted by Gasteiger charge is -2.07. The predicted octanol–water partition coefficient (Wildman–Crippen LogP) is 2.28. The summed E-state index contributed by atoms with van der Waals surface area (Å²) in [5.74, 6) is -0.339. The standard InChI is InChI=1S/C20H19N5O3S/c1-13-17(19(27)25(23(13)2)14-6-4-3-5-7-14)22-16(26)8-10-24-12-21-15-9-11-29-18(15)20(24)28/h3-7,9,11-12H,8,10H2,1-2H3,(H,22,26). The summed E-state index contributed by atoms with van der Waals surface area (Å²) in [6.07, 6.45) is 1.50. The number of fused-ring (bicyclic) bond motifs is 1. The summed E-state index contributed by atoms with van der Waals surface area (Å²) in [7, 11) is 1.76. The Morgan fingerprint density at radius 1 is 1.14 bits per heavy atom. The molecule has 8 nitrogen and oxygen atoms in total. The molecule has 4 rings (SSSR count). The summed E-state index contributed by atoms with van der Waals surface area (Å²) < 4.78 is 5.19. The first kappa shape index (κ1) is 18.9. The number of hydrogen-bond acceptors (Lipinski definition) is 5. The molecule has 3 aromatic heterocycles. The molecule has 0 saturated carbocycles. The van der Waals surface area contributed by atoms with Crippen LogP contribution in [0.3, 0.4) is 0 Å². The van der Waals surface area contributed by atoms with Gasteiger partial charge in [-0.2, -0.15) is 0 Å². The van der Waals surface area contributed by atoms with Crippen molar-refractivity contribution in [1.82, 2.24) is 18.9 Å². The van der Waals surface area contributed by atoms with Crippen molar-refractivity contribution in [2.75, 3.05) is 5.32 Å². The zero-order valence-electron chi connectivity index (χ0n) is 16.0. The van der Waals surface area contributed by atoms with Gasteiger partial charge in [0.15, 0.2) is 0 Å². The van der Waals surface area contributed by atoms with Crippen LogP contribution in [0.2, 0.25) is 0 Å². The average molecular weight is 409 g/mol. The van der Waals surface area contributed by atoms with Crippen molar-refractivity contribution < 1.29 is 4.79 Å². The molecule has 148 valence electrons. The van der Waals surface area contributed by atoms with Crippen molar-refractivity contribution in [1.29, 1.82) is 0 Å². The lowest BCUT2D eigenvalue weighted by Crippen LogP contribution is -2.25. The molecule has 29 heavy (non-hydrogen) atoms. The van der Waals surface area contributed by atoms with Gasteiger partial charge in [-0.25, -0.2) is 9.67 Å². The molecule has 0 aliphatic heterocycles. The van der Waals surface area contributed by atoms with Crippen molar-refractivity contribution in [3.8, 4) is 5.69 Å². The molecule has 4 aromatic rings. The molecule has 1 amide bonds. The van der Waals surface area contributed by atoms with Crippen molar-refractivity contribution in [2.45, 2.75) is 19.9 Å². The number of carbonyl (C=O) groups excluding carboxylic acids is 1. The minimum Gasteiger partial charge on any atom is -0.320 e. The minimum atomic E-state index is -0.339. The molecule has 1 aromatic carbocycles. The van der Waals surface area contributed by atoms with Crippen LogP contribution in [0, 0.1) is 6.92 Å². The number of aromatic nitrogens is 4. The highest BCUT2D eigenvalue weighted by molar-refractivity contribution is 7.17. The number of anilines is 1. The third kappa shape index (κ3) is 3.40. The molecule has 0 radical (unpaired) electrons. The Balaban J connectivity index is 1.53. The molecular formula is C20H19N5O3S. The Morgan fingerprint density at radius 2 is 1.90 bits per heavy atom. The van der Waals surface area contributed by atoms with E-state index in [0.29, 0.717) is 21.6 Å². The second-order valence-corrected chi connectivity index (χ2v) is 7.53. The van der Waals surface area contributed by atoms with Gasteiger partial charge in [0.1, 0.15) is 10.4 Å². The van der Waals surface area contributed by atoms with E-state index in [1.165, 1.54) is 26.9 Å². The van der Waals surface area contributed by atoms with Gasteiger partial charge in [0, 0.05) is 20.0 Å². The number of para-hydroxylation sites is 1. The highest BCUT2D eigenvalue weighted by Gasteiger charge is 2.18. The van der Waals surface area contributed by atoms with Crippen molar-refractivity contribution in [3.05, 3.63) is 74.5 Å². The number of thiophene rings is 1. The third-order valence-corrected chi connectivity index (χ3v) is 5.73. The molecule has 0 bridgehead atoms. The molecule has 3 heterocycles. The number of benzene rings is 1. The highest BCUT2D eigenvalue weighted by atomic mass is 32.1. The van der Waals surface area contributed by atoms with Gasteiger partial charge in [-0.05, 0) is 30.5 Å². The largest absolute Gasteiger partial charge is 0.320 e. The zero-order chi connectivity index (χ0) is 20.5. The van der Waals surface area contributed by atoms with Crippen LogP contribution in [0.4, 0.5) is 5.69 Å². The molecule has 0 saturated heterocycles. The van der Waals surface area contributed by atoms with Gasteiger partial charge in [-0.1, -0.05) is 18.2 Å². The number of hydrogen-bond donors (Lipinski definition) is 1. The van der Waals surface area contributed by atoms with Gasteiger partial charge >= 0.3 is 0 Å². The average Bonchev–Trinajstić information content (AvgIpc) is 3.28. The maximum absolute atomic E-state index is 12.9. The second kappa shape index (κ2) is 7.51. The maximum Gasteiger partial charge on any atom is 0.295 e. The van der Waals surface area contributed by atoms with E-state index < -0.39 is 0 Å². The summed E-state index contributed by atoms with van der Waals surface area (Å²) in [6.45, 7) is 1.96. The van der Waals surface area contributed by atoms with Crippen molar-refractivity contribution >= 4 is 33.1 Å². The summed E-state index contributed by atoms with van der Waals surface area (Å²) >= 11 is 1.33. The van der Waals surface area contributed by atoms with E-state index >= 15 is 0 Å². The van der Waals surface area contributed by atoms with Gasteiger partial charge in [0.05, 0.1) is 23.2 Å². The van der Waals surface area contributed by atoms with Crippen LogP contribution in [-0.4, -0.2) is 24.8 Å². The highest BCUT2D eigenvalue weighted by Crippen LogP contribution is 2.15. The van der Waals surface area contributed by atoms with Gasteiger partial charge < -0.3 is 5.32 Å². The fourth-order valence-electron chi connectivity index (χ4n) is 3.17. The van der Waals surface area contributed by atoms with Crippen LogP contribution in [0.1, 0.15) is 12.1 Å². The van der Waals surface area contributed by atoms with E-state index in [1.807, 2.05) is 35.7 Å². The van der Waals surface area contributed by atoms with Crippen LogP contribution < -0.4 is 16.4 Å². The Hall–Kier alpha value is -3.46. The van der Waals surface area contributed by atoms with E-state index in [9.17, 15) is 14.4 Å². The van der Waals surface area contributed by atoms with E-state index in [2.05, 4.69) is 10.3 Å². The Kier molecular flexibility index (Phi) is 4.89. The molecule has 0 atom stereocenters. The van der Waals surface area contributed by atoms with Gasteiger partial charge in [0.25, 0.3) is 11.1 Å². The molecular weight excluding hydrogens is 390 g/mol. The molecule has 1 N–H and O–H groups in total. The Bertz CT molecular complexity index is 1310. The molecule has 0 fully saturated rings. The number of amides is 1. The molecule has 0 unspecified atom stereocenters. The van der Waals surface area contributed by atoms with Crippen molar-refractivity contribution in [3.63, 3.8) is 0 Å². The van der Waals surface area contributed by atoms with Gasteiger partial charge in [0.2, 0.25) is 5.91 Å². The summed E-state index contributed by atoms with van der Waals surface area (Å²) in [4.78, 5) is 42.0. The fourth-order valence-corrected chi connectivity index (χ4v) is 3.97. The predicted molar refractivity (Wildman–Crippen MR) is 113 cm³/mol. The normalized spacial score (nSPS) is 11.1. The van der Waals surface area contributed by atoms with Crippen LogP contribution >= 0.6 is 11.3 Å². The first-order valence-electron chi connectivity index (χ1n) is 9.04. The number of rotatable bonds is 5. The zero-order valence-corrected chi connectivity index (χ0v) is 16.8. The van der Waals surface area contributed by atoms with Crippen LogP contribution in [0.25, 0.3) is 15.9 Å². The summed E-state index contributed by atoms with van der Waals surface area (Å²) in [6, 6.07) is 11.0. The first-order chi connectivity index (χ1) is 14.0. The Labute approximate surface area is 169 Å². The number of nitrogens with zero attached hydrogens (tertiary/aromatic N) is 4. The van der Waals surface area contributed by atoms with Crippen LogP contribution in [-0.2, 0) is 18.4 Å². The minimum absolute atomic E-state index is 0.0532. The number of carbonyl (C=O) groups is 1. The maximum atomic E-state index is 12.9. The Morgan fingerprint density at radius 3 is 2.66 bits per heavy atom. The molecule has 0 aliphatic carbocycles. The third-order valence-electron chi connectivity index (χ3n) is 4.83. The van der Waals surface area contributed by atoms with Gasteiger partial charge in [-0.3, -0.25) is 23.6 Å². The van der Waals surface area contributed by atoms with E-state index in [4.69, 9.17) is 0 Å². The quantitative estimate of drug-likeness (QED) is 0.548. The SMILES string of the molecule is Cc1c(NC(=O)CCn2cnc3ccsc3c2=O)c(=O)n(-c2ccccc2)n1C. The molecule has 9 heteroatoms. The second-order valence-electron chi connectivity index (χ2n) is 6.61. The molecule has 0 spiro atoms. The summed E-state index contributed by atoms with van der Waals surface area (Å²) in [5, 5.41) is 4.52. The smallest absolute Gasteiger partial charge is 0.295 e. The van der Waals surface area contributed by atoms with Crippen LogP contribution in [0.5, 0.6) is 0 Å². The fraction of sp³-hybridized carbons (Fsp3) is 0.200. The van der Waals surface area contributed by atoms with Crippen LogP contribution in [0.15, 0.2) is 57.7 Å². The lowest BCUT2D eigenvalue weighted by atomic mass is 10.3. The lowest BCUT2D eigenvalue weighted by molar-refractivity contribution is -0.116. The van der Waals surface area contributed by atoms with E-state index in [0.717, 1.165) is 0 Å². The summed E-state index contributed by atoms with van der Waals surface area (Å²) in [5.41, 5.74) is 1.78. The van der Waals surface area contributed by atoms with Gasteiger partial charge in [-0.15, -0.1) is 11.3 Å². The monoisotopic (exact) mass is 409 g/mol. The number of aryl methyl sites for hydroxylation is 1. The topological polar surface area (TPSA) is 90.9 Å². The number of nitrogens with one attached hydrogen (secondary N) is 1.